The summed E-state index contributed by atoms with van der Waals surface area (Å²) in [7, 11) is 0. The van der Waals surface area contributed by atoms with Crippen molar-refractivity contribution >= 4 is 17.3 Å². The van der Waals surface area contributed by atoms with Gasteiger partial charge in [0.15, 0.2) is 5.65 Å². The summed E-state index contributed by atoms with van der Waals surface area (Å²) in [6, 6.07) is 4.78. The molecule has 2 atom stereocenters. The van der Waals surface area contributed by atoms with Crippen LogP contribution in [-0.4, -0.2) is 66.2 Å². The van der Waals surface area contributed by atoms with Crippen molar-refractivity contribution in [3.05, 3.63) is 18.3 Å². The van der Waals surface area contributed by atoms with Gasteiger partial charge < -0.3 is 19.3 Å². The summed E-state index contributed by atoms with van der Waals surface area (Å²) in [5, 5.41) is 4.46. The standard InChI is InChI=1S/C16H23N5O2/c1-12-10-22-7-5-19(12)15-9-16(20-6-8-23-11-13(20)2)21-14(18-15)3-4-17-21/h3-4,9,12-13H,5-8,10-11H2,1-2H3/t12-,13-/m1/s1. The van der Waals surface area contributed by atoms with E-state index in [1.807, 2.05) is 16.8 Å². The molecule has 0 N–H and O–H groups in total. The van der Waals surface area contributed by atoms with Gasteiger partial charge in [0.2, 0.25) is 0 Å². The van der Waals surface area contributed by atoms with Gasteiger partial charge in [0.05, 0.1) is 44.7 Å². The Balaban J connectivity index is 1.78. The minimum absolute atomic E-state index is 0.327. The summed E-state index contributed by atoms with van der Waals surface area (Å²) in [5.41, 5.74) is 0.884. The number of hydrogen-bond acceptors (Lipinski definition) is 6. The molecule has 2 saturated heterocycles. The van der Waals surface area contributed by atoms with Crippen molar-refractivity contribution in [2.45, 2.75) is 25.9 Å². The van der Waals surface area contributed by atoms with Crippen LogP contribution in [0.3, 0.4) is 0 Å². The Bertz CT molecular complexity index is 688. The van der Waals surface area contributed by atoms with Crippen molar-refractivity contribution in [3.8, 4) is 0 Å². The molecule has 4 rings (SSSR count). The van der Waals surface area contributed by atoms with E-state index in [0.29, 0.717) is 12.1 Å². The molecule has 4 heterocycles. The van der Waals surface area contributed by atoms with Crippen molar-refractivity contribution in [1.82, 2.24) is 14.6 Å². The van der Waals surface area contributed by atoms with Gasteiger partial charge in [-0.25, -0.2) is 4.98 Å². The van der Waals surface area contributed by atoms with E-state index in [2.05, 4.69) is 34.8 Å². The molecule has 0 spiro atoms. The van der Waals surface area contributed by atoms with Crippen LogP contribution in [0.4, 0.5) is 11.6 Å². The van der Waals surface area contributed by atoms with Crippen LogP contribution in [0, 0.1) is 0 Å². The molecule has 0 saturated carbocycles. The average Bonchev–Trinajstić information content (AvgIpc) is 3.03. The Morgan fingerprint density at radius 2 is 1.74 bits per heavy atom. The van der Waals surface area contributed by atoms with Gasteiger partial charge in [-0.05, 0) is 13.8 Å². The van der Waals surface area contributed by atoms with E-state index in [-0.39, 0.29) is 0 Å². The predicted octanol–water partition coefficient (Wildman–Crippen LogP) is 1.18. The monoisotopic (exact) mass is 317 g/mol. The highest BCUT2D eigenvalue weighted by molar-refractivity contribution is 5.60. The highest BCUT2D eigenvalue weighted by Crippen LogP contribution is 2.27. The molecule has 2 fully saturated rings. The number of fused-ring (bicyclic) bond motifs is 1. The van der Waals surface area contributed by atoms with Crippen molar-refractivity contribution in [3.63, 3.8) is 0 Å². The maximum absolute atomic E-state index is 5.58. The van der Waals surface area contributed by atoms with E-state index in [9.17, 15) is 0 Å². The van der Waals surface area contributed by atoms with Crippen LogP contribution in [0.2, 0.25) is 0 Å². The Labute approximate surface area is 135 Å². The van der Waals surface area contributed by atoms with Gasteiger partial charge in [-0.15, -0.1) is 0 Å². The molecule has 0 aromatic carbocycles. The smallest absolute Gasteiger partial charge is 0.159 e. The first-order valence-electron chi connectivity index (χ1n) is 8.27. The first kappa shape index (κ1) is 14.7. The number of rotatable bonds is 2. The first-order valence-corrected chi connectivity index (χ1v) is 8.27. The zero-order chi connectivity index (χ0) is 15.8. The second kappa shape index (κ2) is 5.98. The SMILES string of the molecule is C[C@@H]1COCCN1c1cc(N2CCOC[C@H]2C)n2nccc2n1. The summed E-state index contributed by atoms with van der Waals surface area (Å²) < 4.78 is 13.1. The van der Waals surface area contributed by atoms with E-state index >= 15 is 0 Å². The van der Waals surface area contributed by atoms with Gasteiger partial charge in [-0.1, -0.05) is 0 Å². The van der Waals surface area contributed by atoms with E-state index in [0.717, 1.165) is 56.8 Å². The lowest BCUT2D eigenvalue weighted by Crippen LogP contribution is -2.46. The van der Waals surface area contributed by atoms with E-state index in [4.69, 9.17) is 14.5 Å². The highest BCUT2D eigenvalue weighted by atomic mass is 16.5. The maximum atomic E-state index is 5.58. The zero-order valence-electron chi connectivity index (χ0n) is 13.7. The second-order valence-electron chi connectivity index (χ2n) is 6.31. The van der Waals surface area contributed by atoms with Crippen LogP contribution >= 0.6 is 0 Å². The second-order valence-corrected chi connectivity index (χ2v) is 6.31. The quantitative estimate of drug-likeness (QED) is 0.829. The lowest BCUT2D eigenvalue weighted by atomic mass is 10.2. The van der Waals surface area contributed by atoms with Gasteiger partial charge in [-0.2, -0.15) is 9.61 Å². The minimum Gasteiger partial charge on any atom is -0.377 e. The molecule has 0 amide bonds. The third kappa shape index (κ3) is 2.64. The van der Waals surface area contributed by atoms with Crippen LogP contribution in [0.1, 0.15) is 13.8 Å². The molecule has 2 aromatic heterocycles. The fraction of sp³-hybridized carbons (Fsp3) is 0.625. The topological polar surface area (TPSA) is 55.1 Å². The van der Waals surface area contributed by atoms with Crippen LogP contribution in [0.15, 0.2) is 18.3 Å². The molecule has 0 radical (unpaired) electrons. The summed E-state index contributed by atoms with van der Waals surface area (Å²) >= 11 is 0. The molecule has 7 nitrogen and oxygen atoms in total. The summed E-state index contributed by atoms with van der Waals surface area (Å²) in [6.07, 6.45) is 1.81. The number of anilines is 2. The molecule has 2 aliphatic rings. The molecule has 124 valence electrons. The molecule has 0 bridgehead atoms. The zero-order valence-corrected chi connectivity index (χ0v) is 13.7. The predicted molar refractivity (Wildman–Crippen MR) is 88.2 cm³/mol. The van der Waals surface area contributed by atoms with Gasteiger partial charge in [0, 0.05) is 25.2 Å². The number of morpholine rings is 2. The van der Waals surface area contributed by atoms with Gasteiger partial charge in [-0.3, -0.25) is 0 Å². The molecular formula is C16H23N5O2. The van der Waals surface area contributed by atoms with Crippen LogP contribution in [-0.2, 0) is 9.47 Å². The van der Waals surface area contributed by atoms with Crippen molar-refractivity contribution in [2.24, 2.45) is 0 Å². The van der Waals surface area contributed by atoms with Gasteiger partial charge in [0.25, 0.3) is 0 Å². The normalized spacial score (nSPS) is 26.0. The summed E-state index contributed by atoms with van der Waals surface area (Å²) in [5.74, 6) is 2.09. The van der Waals surface area contributed by atoms with Gasteiger partial charge >= 0.3 is 0 Å². The molecule has 0 aliphatic carbocycles. The molecule has 23 heavy (non-hydrogen) atoms. The molecule has 2 aliphatic heterocycles. The van der Waals surface area contributed by atoms with Crippen LogP contribution < -0.4 is 9.80 Å². The highest BCUT2D eigenvalue weighted by Gasteiger charge is 2.26. The van der Waals surface area contributed by atoms with Crippen molar-refractivity contribution in [1.29, 1.82) is 0 Å². The summed E-state index contributed by atoms with van der Waals surface area (Å²) in [4.78, 5) is 9.49. The molecule has 0 unspecified atom stereocenters. The lowest BCUT2D eigenvalue weighted by molar-refractivity contribution is 0.0977. The number of hydrogen-bond donors (Lipinski definition) is 0. The Morgan fingerprint density at radius 3 is 2.43 bits per heavy atom. The maximum Gasteiger partial charge on any atom is 0.159 e. The Kier molecular flexibility index (Phi) is 3.82. The average molecular weight is 317 g/mol. The number of aromatic nitrogens is 3. The van der Waals surface area contributed by atoms with Crippen molar-refractivity contribution < 1.29 is 9.47 Å². The summed E-state index contributed by atoms with van der Waals surface area (Å²) in [6.45, 7) is 9.10. The Morgan fingerprint density at radius 1 is 1.04 bits per heavy atom. The molecule has 2 aromatic rings. The van der Waals surface area contributed by atoms with Crippen LogP contribution in [0.5, 0.6) is 0 Å². The minimum atomic E-state index is 0.327. The van der Waals surface area contributed by atoms with Crippen LogP contribution in [0.25, 0.3) is 5.65 Å². The van der Waals surface area contributed by atoms with E-state index in [1.54, 1.807) is 0 Å². The number of ether oxygens (including phenoxy) is 2. The van der Waals surface area contributed by atoms with E-state index < -0.39 is 0 Å². The van der Waals surface area contributed by atoms with E-state index in [1.165, 1.54) is 0 Å². The first-order chi connectivity index (χ1) is 11.2. The number of nitrogens with zero attached hydrogens (tertiary/aromatic N) is 5. The molecular weight excluding hydrogens is 294 g/mol. The fourth-order valence-corrected chi connectivity index (χ4v) is 3.37. The Hall–Kier alpha value is -1.86. The van der Waals surface area contributed by atoms with Crippen molar-refractivity contribution in [2.75, 3.05) is 49.3 Å². The molecule has 7 heteroatoms. The van der Waals surface area contributed by atoms with Gasteiger partial charge in [0.1, 0.15) is 11.6 Å². The third-order valence-electron chi connectivity index (χ3n) is 4.65. The third-order valence-corrected chi connectivity index (χ3v) is 4.65. The largest absolute Gasteiger partial charge is 0.377 e. The lowest BCUT2D eigenvalue weighted by Gasteiger charge is -2.37. The fourth-order valence-electron chi connectivity index (χ4n) is 3.37.